The first-order valence-electron chi connectivity index (χ1n) is 13.3. The van der Waals surface area contributed by atoms with Gasteiger partial charge in [0, 0.05) is 18.1 Å². The van der Waals surface area contributed by atoms with Gasteiger partial charge in [-0.15, -0.1) is 0 Å². The van der Waals surface area contributed by atoms with E-state index in [2.05, 4.69) is 34.1 Å². The average Bonchev–Trinajstić information content (AvgIpc) is 3.59. The fourth-order valence-electron chi connectivity index (χ4n) is 4.82. The highest BCUT2D eigenvalue weighted by atomic mass is 16.5. The quantitative estimate of drug-likeness (QED) is 0.324. The number of nitrogens with zero attached hydrogens (tertiary/aromatic N) is 5. The van der Waals surface area contributed by atoms with E-state index in [1.807, 2.05) is 6.07 Å². The van der Waals surface area contributed by atoms with Gasteiger partial charge in [-0.25, -0.2) is 14.8 Å². The number of H-pyrrole nitrogens is 2. The summed E-state index contributed by atoms with van der Waals surface area (Å²) in [5.74, 6) is 2.40. The third-order valence-corrected chi connectivity index (χ3v) is 6.81. The summed E-state index contributed by atoms with van der Waals surface area (Å²) in [4.78, 5) is 31.0. The molecule has 0 bridgehead atoms. The number of fused-ring (bicyclic) bond motifs is 2. The van der Waals surface area contributed by atoms with Crippen molar-refractivity contribution < 1.29 is 14.6 Å². The Morgan fingerprint density at radius 3 is 2.79 bits per heavy atom. The highest BCUT2D eigenvalue weighted by Crippen LogP contribution is 2.32. The lowest BCUT2D eigenvalue weighted by molar-refractivity contribution is 0.297. The molecule has 2 aliphatic rings. The van der Waals surface area contributed by atoms with Gasteiger partial charge in [0.25, 0.3) is 0 Å². The van der Waals surface area contributed by atoms with Crippen molar-refractivity contribution in [2.45, 2.75) is 57.9 Å². The molecule has 1 aliphatic carbocycles. The van der Waals surface area contributed by atoms with Crippen LogP contribution >= 0.6 is 0 Å². The third kappa shape index (κ3) is 5.27. The molecule has 1 fully saturated rings. The summed E-state index contributed by atoms with van der Waals surface area (Å²) in [5, 5.41) is 15.1. The second-order valence-corrected chi connectivity index (χ2v) is 10.0. The first-order valence-corrected chi connectivity index (χ1v) is 13.3. The molecule has 1 aromatic carbocycles. The van der Waals surface area contributed by atoms with Crippen LogP contribution in [0.25, 0.3) is 11.7 Å². The molecule has 1 atom stereocenters. The van der Waals surface area contributed by atoms with Gasteiger partial charge >= 0.3 is 5.69 Å². The van der Waals surface area contributed by atoms with Crippen molar-refractivity contribution in [1.82, 2.24) is 29.5 Å². The van der Waals surface area contributed by atoms with E-state index in [1.54, 1.807) is 16.8 Å². The first-order chi connectivity index (χ1) is 18.6. The van der Waals surface area contributed by atoms with Crippen LogP contribution in [-0.2, 0) is 12.8 Å². The van der Waals surface area contributed by atoms with Crippen molar-refractivity contribution in [3.05, 3.63) is 62.8 Å². The number of aromatic amines is 2. The van der Waals surface area contributed by atoms with Gasteiger partial charge in [-0.05, 0) is 55.4 Å². The Kier molecular flexibility index (Phi) is 6.57. The fraction of sp³-hybridized carbons (Fsp3) is 0.444. The van der Waals surface area contributed by atoms with Crippen LogP contribution in [0.5, 0.6) is 17.4 Å². The number of nitrogens with one attached hydrogen (secondary N) is 2. The molecule has 1 aliphatic heterocycles. The molecule has 3 aromatic heterocycles. The SMILES string of the molecule is CCCC(Cc1ccc2c(c1)OCCCO2)Cc1nc(=NC2CC2)n2ncc(=Cc3[nH]c(=O)[nH]c3O)c2n1. The smallest absolute Gasteiger partial charge is 0.326 e. The molecule has 0 saturated heterocycles. The number of aromatic hydroxyl groups is 1. The van der Waals surface area contributed by atoms with Crippen LogP contribution in [0.4, 0.5) is 0 Å². The first kappa shape index (κ1) is 24.2. The zero-order chi connectivity index (χ0) is 26.1. The molecule has 198 valence electrons. The van der Waals surface area contributed by atoms with E-state index in [-0.39, 0.29) is 17.6 Å². The van der Waals surface area contributed by atoms with Gasteiger partial charge in [0.1, 0.15) is 11.5 Å². The van der Waals surface area contributed by atoms with Crippen molar-refractivity contribution >= 4 is 11.7 Å². The van der Waals surface area contributed by atoms with Gasteiger partial charge in [-0.2, -0.15) is 14.6 Å². The van der Waals surface area contributed by atoms with Crippen LogP contribution in [0.3, 0.4) is 0 Å². The van der Waals surface area contributed by atoms with Gasteiger partial charge in [0.05, 0.1) is 25.5 Å². The molecular formula is C27H31N7O4. The van der Waals surface area contributed by atoms with E-state index in [9.17, 15) is 9.90 Å². The summed E-state index contributed by atoms with van der Waals surface area (Å²) < 4.78 is 13.3. The number of hydrogen-bond donors (Lipinski definition) is 3. The van der Waals surface area contributed by atoms with E-state index in [0.29, 0.717) is 47.9 Å². The Labute approximate surface area is 218 Å². The highest BCUT2D eigenvalue weighted by Gasteiger charge is 2.22. The molecule has 3 N–H and O–H groups in total. The maximum absolute atomic E-state index is 11.6. The molecule has 0 spiro atoms. The average molecular weight is 518 g/mol. The molecule has 4 heterocycles. The van der Waals surface area contributed by atoms with Gasteiger partial charge in [0.2, 0.25) is 11.5 Å². The van der Waals surface area contributed by atoms with E-state index in [0.717, 1.165) is 50.0 Å². The molecule has 6 rings (SSSR count). The predicted molar refractivity (Wildman–Crippen MR) is 139 cm³/mol. The zero-order valence-electron chi connectivity index (χ0n) is 21.3. The van der Waals surface area contributed by atoms with E-state index in [1.165, 1.54) is 5.56 Å². The van der Waals surface area contributed by atoms with Gasteiger partial charge in [-0.3, -0.25) is 4.98 Å². The Bertz CT molecular complexity index is 1630. The number of rotatable bonds is 8. The molecule has 4 aromatic rings. The molecule has 11 nitrogen and oxygen atoms in total. The topological polar surface area (TPSA) is 143 Å². The Balaban J connectivity index is 1.35. The second kappa shape index (κ2) is 10.3. The fourth-order valence-corrected chi connectivity index (χ4v) is 4.82. The maximum Gasteiger partial charge on any atom is 0.326 e. The van der Waals surface area contributed by atoms with Crippen molar-refractivity contribution in [2.24, 2.45) is 10.9 Å². The summed E-state index contributed by atoms with van der Waals surface area (Å²) in [6, 6.07) is 6.47. The van der Waals surface area contributed by atoms with Crippen LogP contribution in [-0.4, -0.2) is 53.9 Å². The Morgan fingerprint density at radius 2 is 2.03 bits per heavy atom. The maximum atomic E-state index is 11.6. The number of benzene rings is 1. The minimum Gasteiger partial charge on any atom is -0.493 e. The molecular weight excluding hydrogens is 486 g/mol. The summed E-state index contributed by atoms with van der Waals surface area (Å²) in [7, 11) is 0. The standard InChI is InChI=1S/C27H31N7O4/c1-2-4-16(11-17-5-8-21-22(12-17)38-10-3-9-37-21)13-23-31-24-18(14-20-25(35)33-27(36)30-20)15-28-34(24)26(32-23)29-19-6-7-19/h5,8,12,14-16,19,35H,2-4,6-7,9-11,13H2,1H3,(H2,30,33,36). The predicted octanol–water partition coefficient (Wildman–Crippen LogP) is 1.82. The van der Waals surface area contributed by atoms with Crippen molar-refractivity contribution in [1.29, 1.82) is 0 Å². The minimum absolute atomic E-state index is 0.232. The van der Waals surface area contributed by atoms with Crippen molar-refractivity contribution in [2.75, 3.05) is 13.2 Å². The lowest BCUT2D eigenvalue weighted by Crippen LogP contribution is -2.26. The lowest BCUT2D eigenvalue weighted by Gasteiger charge is -2.17. The highest BCUT2D eigenvalue weighted by molar-refractivity contribution is 5.56. The van der Waals surface area contributed by atoms with E-state index in [4.69, 9.17) is 24.4 Å². The van der Waals surface area contributed by atoms with E-state index >= 15 is 0 Å². The van der Waals surface area contributed by atoms with Crippen LogP contribution in [0.2, 0.25) is 0 Å². The largest absolute Gasteiger partial charge is 0.493 e. The molecule has 11 heteroatoms. The molecule has 0 amide bonds. The molecule has 38 heavy (non-hydrogen) atoms. The van der Waals surface area contributed by atoms with Crippen LogP contribution < -0.4 is 26.0 Å². The Morgan fingerprint density at radius 1 is 1.18 bits per heavy atom. The zero-order valence-corrected chi connectivity index (χ0v) is 21.3. The van der Waals surface area contributed by atoms with Crippen LogP contribution in [0, 0.1) is 5.92 Å². The summed E-state index contributed by atoms with van der Waals surface area (Å²) in [6.07, 6.45) is 9.87. The van der Waals surface area contributed by atoms with E-state index < -0.39 is 5.69 Å². The monoisotopic (exact) mass is 517 g/mol. The van der Waals surface area contributed by atoms with Crippen molar-refractivity contribution in [3.8, 4) is 17.4 Å². The summed E-state index contributed by atoms with van der Waals surface area (Å²) in [6.45, 7) is 3.52. The number of ether oxygens (including phenoxy) is 2. The summed E-state index contributed by atoms with van der Waals surface area (Å²) >= 11 is 0. The third-order valence-electron chi connectivity index (χ3n) is 6.81. The van der Waals surface area contributed by atoms with Gasteiger partial charge < -0.3 is 19.6 Å². The van der Waals surface area contributed by atoms with Crippen LogP contribution in [0.15, 0.2) is 34.2 Å². The number of imidazole rings is 1. The molecule has 1 unspecified atom stereocenters. The van der Waals surface area contributed by atoms with Crippen molar-refractivity contribution in [3.63, 3.8) is 0 Å². The number of hydrogen-bond acceptors (Lipinski definition) is 8. The number of aromatic nitrogens is 6. The Hall–Kier alpha value is -4.15. The van der Waals surface area contributed by atoms with Gasteiger partial charge in [0.15, 0.2) is 17.1 Å². The molecule has 1 saturated carbocycles. The summed E-state index contributed by atoms with van der Waals surface area (Å²) in [5.41, 5.74) is 2.10. The minimum atomic E-state index is -0.484. The van der Waals surface area contributed by atoms with Gasteiger partial charge in [-0.1, -0.05) is 19.4 Å². The lowest BCUT2D eigenvalue weighted by atomic mass is 9.91. The normalized spacial score (nSPS) is 17.2. The molecule has 0 radical (unpaired) electrons. The second-order valence-electron chi connectivity index (χ2n) is 10.0. The van der Waals surface area contributed by atoms with Crippen LogP contribution in [0.1, 0.15) is 56.1 Å².